The van der Waals surface area contributed by atoms with Crippen LogP contribution in [0.2, 0.25) is 0 Å². The van der Waals surface area contributed by atoms with Crippen molar-refractivity contribution in [1.29, 1.82) is 0 Å². The number of aromatic nitrogens is 2. The van der Waals surface area contributed by atoms with Crippen LogP contribution in [0.3, 0.4) is 0 Å². The lowest BCUT2D eigenvalue weighted by Gasteiger charge is -2.11. The summed E-state index contributed by atoms with van der Waals surface area (Å²) in [5.74, 6) is 0.468. The average molecular weight is 363 g/mol. The van der Waals surface area contributed by atoms with E-state index < -0.39 is 0 Å². The second kappa shape index (κ2) is 9.36. The molecule has 6 nitrogen and oxygen atoms in total. The van der Waals surface area contributed by atoms with Gasteiger partial charge in [0, 0.05) is 41.8 Å². The van der Waals surface area contributed by atoms with Crippen LogP contribution in [0.5, 0.6) is 5.88 Å². The molecule has 1 amide bonds. The van der Waals surface area contributed by atoms with E-state index in [0.717, 1.165) is 29.0 Å². The van der Waals surface area contributed by atoms with E-state index in [0.29, 0.717) is 25.6 Å². The van der Waals surface area contributed by atoms with Gasteiger partial charge in [0.15, 0.2) is 0 Å². The Kier molecular flexibility index (Phi) is 7.18. The summed E-state index contributed by atoms with van der Waals surface area (Å²) in [4.78, 5) is 29.2. The molecule has 0 aliphatic rings. The van der Waals surface area contributed by atoms with Crippen LogP contribution in [0.4, 0.5) is 0 Å². The van der Waals surface area contributed by atoms with Gasteiger partial charge < -0.3 is 14.6 Å². The zero-order valence-electron chi connectivity index (χ0n) is 15.0. The van der Waals surface area contributed by atoms with Gasteiger partial charge in [-0.25, -0.2) is 4.98 Å². The smallest absolute Gasteiger partial charge is 0.307 e. The Morgan fingerprint density at radius 2 is 2.20 bits per heavy atom. The Labute approximate surface area is 151 Å². The van der Waals surface area contributed by atoms with Crippen LogP contribution in [-0.2, 0) is 17.9 Å². The highest BCUT2D eigenvalue weighted by molar-refractivity contribution is 7.09. The fraction of sp³-hybridized carbons (Fsp3) is 0.500. The van der Waals surface area contributed by atoms with Gasteiger partial charge in [-0.1, -0.05) is 30.7 Å². The second-order valence-corrected chi connectivity index (χ2v) is 7.02. The van der Waals surface area contributed by atoms with Crippen molar-refractivity contribution < 1.29 is 9.53 Å². The standard InChI is InChI=1S/C18H25N3O3S/c1-4-5-11-24-17-15(7-6-9-19-17)12-20-16(22)8-10-21-13(2)14(3)25-18(21)23/h6-7,9H,4-5,8,10-12H2,1-3H3,(H,20,22). The highest BCUT2D eigenvalue weighted by atomic mass is 32.1. The van der Waals surface area contributed by atoms with Crippen molar-refractivity contribution in [1.82, 2.24) is 14.9 Å². The van der Waals surface area contributed by atoms with Gasteiger partial charge in [-0.3, -0.25) is 9.59 Å². The number of rotatable bonds is 9. The molecule has 7 heteroatoms. The highest BCUT2D eigenvalue weighted by Gasteiger charge is 2.11. The highest BCUT2D eigenvalue weighted by Crippen LogP contribution is 2.14. The van der Waals surface area contributed by atoms with Crippen molar-refractivity contribution in [3.8, 4) is 5.88 Å². The first-order valence-electron chi connectivity index (χ1n) is 8.53. The topological polar surface area (TPSA) is 73.2 Å². The summed E-state index contributed by atoms with van der Waals surface area (Å²) < 4.78 is 7.32. The molecule has 136 valence electrons. The van der Waals surface area contributed by atoms with Crippen molar-refractivity contribution >= 4 is 17.2 Å². The van der Waals surface area contributed by atoms with Gasteiger partial charge in [0.05, 0.1) is 6.61 Å². The number of unbranched alkanes of at least 4 members (excludes halogenated alkanes) is 1. The van der Waals surface area contributed by atoms with E-state index in [9.17, 15) is 9.59 Å². The van der Waals surface area contributed by atoms with Gasteiger partial charge in [0.25, 0.3) is 0 Å². The van der Waals surface area contributed by atoms with E-state index in [-0.39, 0.29) is 17.2 Å². The van der Waals surface area contributed by atoms with Crippen LogP contribution >= 0.6 is 11.3 Å². The van der Waals surface area contributed by atoms with Crippen LogP contribution in [0.15, 0.2) is 23.1 Å². The summed E-state index contributed by atoms with van der Waals surface area (Å²) in [6.07, 6.45) is 3.97. The minimum absolute atomic E-state index is 0.0123. The predicted octanol–water partition coefficient (Wildman–Crippen LogP) is 2.81. The van der Waals surface area contributed by atoms with Crippen molar-refractivity contribution in [2.75, 3.05) is 6.61 Å². The minimum Gasteiger partial charge on any atom is -0.477 e. The number of hydrogen-bond acceptors (Lipinski definition) is 5. The quantitative estimate of drug-likeness (QED) is 0.695. The maximum absolute atomic E-state index is 12.1. The summed E-state index contributed by atoms with van der Waals surface area (Å²) in [7, 11) is 0. The van der Waals surface area contributed by atoms with E-state index in [1.54, 1.807) is 10.8 Å². The molecule has 0 spiro atoms. The van der Waals surface area contributed by atoms with E-state index >= 15 is 0 Å². The number of nitrogens with one attached hydrogen (secondary N) is 1. The minimum atomic E-state index is -0.0986. The van der Waals surface area contributed by atoms with E-state index in [1.165, 1.54) is 11.3 Å². The Morgan fingerprint density at radius 3 is 2.88 bits per heavy atom. The maximum Gasteiger partial charge on any atom is 0.307 e. The molecule has 0 saturated heterocycles. The molecule has 1 N–H and O–H groups in total. The Bertz CT molecular complexity index is 767. The normalized spacial score (nSPS) is 10.7. The zero-order chi connectivity index (χ0) is 18.2. The van der Waals surface area contributed by atoms with E-state index in [1.807, 2.05) is 26.0 Å². The Morgan fingerprint density at radius 1 is 1.40 bits per heavy atom. The molecule has 25 heavy (non-hydrogen) atoms. The number of hydrogen-bond donors (Lipinski definition) is 1. The van der Waals surface area contributed by atoms with Gasteiger partial charge >= 0.3 is 4.87 Å². The molecule has 0 saturated carbocycles. The lowest BCUT2D eigenvalue weighted by Crippen LogP contribution is -2.26. The number of carbonyl (C=O) groups is 1. The molecule has 0 unspecified atom stereocenters. The second-order valence-electron chi connectivity index (χ2n) is 5.86. The third kappa shape index (κ3) is 5.42. The molecule has 0 bridgehead atoms. The first kappa shape index (κ1) is 19.2. The van der Waals surface area contributed by atoms with Gasteiger partial charge in [-0.2, -0.15) is 0 Å². The summed E-state index contributed by atoms with van der Waals surface area (Å²) in [5.41, 5.74) is 1.79. The van der Waals surface area contributed by atoms with Gasteiger partial charge in [0.2, 0.25) is 11.8 Å². The molecular weight excluding hydrogens is 338 g/mol. The first-order chi connectivity index (χ1) is 12.0. The first-order valence-corrected chi connectivity index (χ1v) is 9.34. The molecule has 0 aliphatic heterocycles. The summed E-state index contributed by atoms with van der Waals surface area (Å²) in [5, 5.41) is 2.87. The molecule has 2 rings (SSSR count). The zero-order valence-corrected chi connectivity index (χ0v) is 15.8. The van der Waals surface area contributed by atoms with Crippen molar-refractivity contribution in [2.24, 2.45) is 0 Å². The number of ether oxygens (including phenoxy) is 1. The SMILES string of the molecule is CCCCOc1ncccc1CNC(=O)CCn1c(C)c(C)sc1=O. The molecule has 0 aliphatic carbocycles. The van der Waals surface area contributed by atoms with E-state index in [4.69, 9.17) is 4.74 Å². The third-order valence-electron chi connectivity index (χ3n) is 4.00. The van der Waals surface area contributed by atoms with Crippen LogP contribution in [-0.4, -0.2) is 22.1 Å². The molecular formula is C18H25N3O3S. The molecule has 2 heterocycles. The number of aryl methyl sites for hydroxylation is 1. The Hall–Kier alpha value is -2.15. The molecule has 0 aromatic carbocycles. The Balaban J connectivity index is 1.87. The summed E-state index contributed by atoms with van der Waals surface area (Å²) >= 11 is 1.22. The monoisotopic (exact) mass is 363 g/mol. The van der Waals surface area contributed by atoms with Crippen LogP contribution in [0.25, 0.3) is 0 Å². The molecule has 2 aromatic heterocycles. The number of thiazole rings is 1. The van der Waals surface area contributed by atoms with Crippen LogP contribution in [0, 0.1) is 13.8 Å². The summed E-state index contributed by atoms with van der Waals surface area (Å²) in [6.45, 7) is 7.30. The van der Waals surface area contributed by atoms with Gasteiger partial charge in [0.1, 0.15) is 0 Å². The predicted molar refractivity (Wildman–Crippen MR) is 99.2 cm³/mol. The third-order valence-corrected chi connectivity index (χ3v) is 5.00. The number of pyridine rings is 1. The molecule has 0 radical (unpaired) electrons. The fourth-order valence-electron chi connectivity index (χ4n) is 2.34. The van der Waals surface area contributed by atoms with Crippen molar-refractivity contribution in [3.05, 3.63) is 44.1 Å². The fourth-order valence-corrected chi connectivity index (χ4v) is 3.20. The maximum atomic E-state index is 12.1. The summed E-state index contributed by atoms with van der Waals surface area (Å²) in [6, 6.07) is 3.72. The number of carbonyl (C=O) groups excluding carboxylic acids is 1. The number of nitrogens with zero attached hydrogens (tertiary/aromatic N) is 2. The van der Waals surface area contributed by atoms with Crippen LogP contribution < -0.4 is 14.9 Å². The van der Waals surface area contributed by atoms with Crippen molar-refractivity contribution in [2.45, 2.75) is 53.1 Å². The molecule has 2 aromatic rings. The van der Waals surface area contributed by atoms with Gasteiger partial charge in [-0.05, 0) is 26.3 Å². The van der Waals surface area contributed by atoms with Crippen molar-refractivity contribution in [3.63, 3.8) is 0 Å². The molecule has 0 atom stereocenters. The lowest BCUT2D eigenvalue weighted by molar-refractivity contribution is -0.121. The van der Waals surface area contributed by atoms with Crippen LogP contribution in [0.1, 0.15) is 42.3 Å². The van der Waals surface area contributed by atoms with Gasteiger partial charge in [-0.15, -0.1) is 0 Å². The average Bonchev–Trinajstić information content (AvgIpc) is 2.84. The molecule has 0 fully saturated rings. The van der Waals surface area contributed by atoms with E-state index in [2.05, 4.69) is 17.2 Å². The largest absolute Gasteiger partial charge is 0.477 e. The number of amides is 1. The lowest BCUT2D eigenvalue weighted by atomic mass is 10.2.